The number of amides is 1. The van der Waals surface area contributed by atoms with E-state index in [9.17, 15) is 19.5 Å². The minimum absolute atomic E-state index is 0.193. The van der Waals surface area contributed by atoms with Crippen molar-refractivity contribution in [3.8, 4) is 11.3 Å². The molecule has 0 bridgehead atoms. The van der Waals surface area contributed by atoms with Gasteiger partial charge < -0.3 is 19.7 Å². The quantitative estimate of drug-likeness (QED) is 0.422. The van der Waals surface area contributed by atoms with E-state index in [1.54, 1.807) is 37.4 Å². The number of nitrogens with zero attached hydrogens (tertiary/aromatic N) is 3. The Bertz CT molecular complexity index is 1370. The summed E-state index contributed by atoms with van der Waals surface area (Å²) >= 11 is 0. The number of para-hydroxylation sites is 1. The first-order valence-electron chi connectivity index (χ1n) is 10.4. The lowest BCUT2D eigenvalue weighted by molar-refractivity contribution is -0.116. The van der Waals surface area contributed by atoms with Crippen molar-refractivity contribution < 1.29 is 19.4 Å². The number of benzene rings is 2. The van der Waals surface area contributed by atoms with Crippen LogP contribution in [0.25, 0.3) is 16.8 Å². The summed E-state index contributed by atoms with van der Waals surface area (Å²) < 4.78 is 7.65. The van der Waals surface area contributed by atoms with Crippen molar-refractivity contribution in [2.75, 3.05) is 11.9 Å². The van der Waals surface area contributed by atoms with Crippen molar-refractivity contribution in [1.29, 1.82) is 0 Å². The van der Waals surface area contributed by atoms with E-state index in [0.717, 1.165) is 5.56 Å². The van der Waals surface area contributed by atoms with Crippen LogP contribution in [-0.4, -0.2) is 37.8 Å². The summed E-state index contributed by atoms with van der Waals surface area (Å²) in [5, 5.41) is 17.1. The average Bonchev–Trinajstić information content (AvgIpc) is 3.21. The Labute approximate surface area is 188 Å². The number of rotatable bonds is 7. The lowest BCUT2D eigenvalue weighted by Crippen LogP contribution is -2.29. The fourth-order valence-electron chi connectivity index (χ4n) is 3.58. The van der Waals surface area contributed by atoms with Crippen molar-refractivity contribution in [1.82, 2.24) is 14.2 Å². The molecule has 0 aliphatic heterocycles. The molecule has 0 aliphatic rings. The standard InChI is InChI=1S/C24H22N4O5/c1-2-33-24(32)17-10-6-7-11-19(17)25-20(30)14-27-12-13-28-22(23(27)31)18(15-29)21(26-28)16-8-4-3-5-9-16/h3-13,29H,2,14-15H2,1H3,(H,25,30). The molecule has 4 rings (SSSR count). The van der Waals surface area contributed by atoms with E-state index in [1.165, 1.54) is 15.3 Å². The molecule has 33 heavy (non-hydrogen) atoms. The summed E-state index contributed by atoms with van der Waals surface area (Å²) in [6.07, 6.45) is 3.01. The molecule has 2 heterocycles. The smallest absolute Gasteiger partial charge is 0.340 e. The molecule has 0 spiro atoms. The van der Waals surface area contributed by atoms with Gasteiger partial charge in [0.15, 0.2) is 0 Å². The van der Waals surface area contributed by atoms with Gasteiger partial charge in [0.1, 0.15) is 12.1 Å². The van der Waals surface area contributed by atoms with Gasteiger partial charge in [-0.3, -0.25) is 9.59 Å². The van der Waals surface area contributed by atoms with Crippen LogP contribution in [0.15, 0.2) is 71.8 Å². The zero-order valence-electron chi connectivity index (χ0n) is 17.9. The number of aliphatic hydroxyl groups is 1. The van der Waals surface area contributed by atoms with Gasteiger partial charge in [-0.1, -0.05) is 42.5 Å². The third-order valence-corrected chi connectivity index (χ3v) is 5.08. The fourth-order valence-corrected chi connectivity index (χ4v) is 3.58. The molecule has 0 fully saturated rings. The van der Waals surface area contributed by atoms with E-state index in [1.807, 2.05) is 30.3 Å². The first-order valence-corrected chi connectivity index (χ1v) is 10.4. The monoisotopic (exact) mass is 446 g/mol. The highest BCUT2D eigenvalue weighted by Crippen LogP contribution is 2.24. The Morgan fingerprint density at radius 3 is 2.52 bits per heavy atom. The molecule has 168 valence electrons. The van der Waals surface area contributed by atoms with Crippen molar-refractivity contribution in [2.24, 2.45) is 0 Å². The SMILES string of the molecule is CCOC(=O)c1ccccc1NC(=O)Cn1ccn2nc(-c3ccccc3)c(CO)c2c1=O. The van der Waals surface area contributed by atoms with E-state index in [0.29, 0.717) is 16.9 Å². The van der Waals surface area contributed by atoms with Crippen LogP contribution in [0.1, 0.15) is 22.8 Å². The van der Waals surface area contributed by atoms with Gasteiger partial charge in [-0.25, -0.2) is 9.31 Å². The first kappa shape index (κ1) is 22.0. The number of carbonyl (C=O) groups excluding carboxylic acids is 2. The predicted molar refractivity (Wildman–Crippen MR) is 122 cm³/mol. The van der Waals surface area contributed by atoms with E-state index in [-0.39, 0.29) is 30.8 Å². The predicted octanol–water partition coefficient (Wildman–Crippen LogP) is 2.47. The normalized spacial score (nSPS) is 10.8. The van der Waals surface area contributed by atoms with Gasteiger partial charge >= 0.3 is 5.97 Å². The molecule has 2 N–H and O–H groups in total. The number of esters is 1. The molecular weight excluding hydrogens is 424 g/mol. The highest BCUT2D eigenvalue weighted by Gasteiger charge is 2.19. The first-order chi connectivity index (χ1) is 16.0. The number of aromatic nitrogens is 3. The van der Waals surface area contributed by atoms with Gasteiger partial charge in [0.05, 0.1) is 30.2 Å². The Hall–Kier alpha value is -4.24. The maximum Gasteiger partial charge on any atom is 0.340 e. The highest BCUT2D eigenvalue weighted by atomic mass is 16.5. The fraction of sp³-hybridized carbons (Fsp3) is 0.167. The number of carbonyl (C=O) groups is 2. The molecule has 0 saturated heterocycles. The van der Waals surface area contributed by atoms with Crippen LogP contribution in [0.3, 0.4) is 0 Å². The highest BCUT2D eigenvalue weighted by molar-refractivity contribution is 6.01. The largest absolute Gasteiger partial charge is 0.462 e. The van der Waals surface area contributed by atoms with Gasteiger partial charge in [-0.2, -0.15) is 5.10 Å². The maximum absolute atomic E-state index is 13.1. The third kappa shape index (κ3) is 4.39. The van der Waals surface area contributed by atoms with Gasteiger partial charge in [-0.15, -0.1) is 0 Å². The van der Waals surface area contributed by atoms with Crippen LogP contribution in [0, 0.1) is 0 Å². The van der Waals surface area contributed by atoms with Crippen molar-refractivity contribution >= 4 is 23.1 Å². The second kappa shape index (κ2) is 9.49. The molecule has 9 heteroatoms. The second-order valence-corrected chi connectivity index (χ2v) is 7.19. The lowest BCUT2D eigenvalue weighted by Gasteiger charge is -2.11. The lowest BCUT2D eigenvalue weighted by atomic mass is 10.1. The topological polar surface area (TPSA) is 115 Å². The van der Waals surface area contributed by atoms with Crippen LogP contribution in [0.4, 0.5) is 5.69 Å². The molecule has 0 radical (unpaired) electrons. The summed E-state index contributed by atoms with van der Waals surface area (Å²) in [7, 11) is 0. The van der Waals surface area contributed by atoms with Crippen LogP contribution < -0.4 is 10.9 Å². The van der Waals surface area contributed by atoms with Crippen molar-refractivity contribution in [3.63, 3.8) is 0 Å². The summed E-state index contributed by atoms with van der Waals surface area (Å²) in [4.78, 5) is 38.0. The Kier molecular flexibility index (Phi) is 6.32. The molecule has 0 unspecified atom stereocenters. The zero-order chi connectivity index (χ0) is 23.4. The number of hydrogen-bond acceptors (Lipinski definition) is 6. The van der Waals surface area contributed by atoms with Crippen LogP contribution in [0.2, 0.25) is 0 Å². The zero-order valence-corrected chi connectivity index (χ0v) is 17.9. The summed E-state index contributed by atoms with van der Waals surface area (Å²) in [6.45, 7) is 1.23. The minimum atomic E-state index is -0.549. The summed E-state index contributed by atoms with van der Waals surface area (Å²) in [5.74, 6) is -1.04. The maximum atomic E-state index is 13.1. The molecule has 4 aromatic rings. The van der Waals surface area contributed by atoms with Gasteiger partial charge in [0.2, 0.25) is 5.91 Å². The summed E-state index contributed by atoms with van der Waals surface area (Å²) in [6, 6.07) is 15.7. The molecular formula is C24H22N4O5. The molecule has 2 aromatic heterocycles. The van der Waals surface area contributed by atoms with Crippen LogP contribution >= 0.6 is 0 Å². The molecule has 0 saturated carbocycles. The second-order valence-electron chi connectivity index (χ2n) is 7.19. The Morgan fingerprint density at radius 1 is 1.06 bits per heavy atom. The van der Waals surface area contributed by atoms with E-state index in [4.69, 9.17) is 4.74 Å². The van der Waals surface area contributed by atoms with Gasteiger partial charge in [-0.05, 0) is 19.1 Å². The van der Waals surface area contributed by atoms with E-state index >= 15 is 0 Å². The number of anilines is 1. The molecule has 0 aliphatic carbocycles. The third-order valence-electron chi connectivity index (χ3n) is 5.08. The number of fused-ring (bicyclic) bond motifs is 1. The molecule has 1 amide bonds. The number of ether oxygens (including phenoxy) is 1. The molecule has 2 aromatic carbocycles. The number of aliphatic hydroxyl groups excluding tert-OH is 1. The Morgan fingerprint density at radius 2 is 1.79 bits per heavy atom. The van der Waals surface area contributed by atoms with Crippen LogP contribution in [0.5, 0.6) is 0 Å². The summed E-state index contributed by atoms with van der Waals surface area (Å²) in [5.41, 5.74) is 1.89. The van der Waals surface area contributed by atoms with E-state index in [2.05, 4.69) is 10.4 Å². The van der Waals surface area contributed by atoms with Gasteiger partial charge in [0.25, 0.3) is 5.56 Å². The Balaban J connectivity index is 1.64. The van der Waals surface area contributed by atoms with Gasteiger partial charge in [0, 0.05) is 23.5 Å². The number of hydrogen-bond donors (Lipinski definition) is 2. The van der Waals surface area contributed by atoms with E-state index < -0.39 is 17.4 Å². The number of nitrogens with one attached hydrogen (secondary N) is 1. The minimum Gasteiger partial charge on any atom is -0.462 e. The van der Waals surface area contributed by atoms with Crippen molar-refractivity contribution in [3.05, 3.63) is 88.5 Å². The van der Waals surface area contributed by atoms with Crippen LogP contribution in [-0.2, 0) is 22.7 Å². The molecule has 9 nitrogen and oxygen atoms in total. The van der Waals surface area contributed by atoms with Crippen molar-refractivity contribution in [2.45, 2.75) is 20.1 Å². The molecule has 0 atom stereocenters. The average molecular weight is 446 g/mol.